The molecule has 0 aliphatic carbocycles. The van der Waals surface area contributed by atoms with E-state index in [0.29, 0.717) is 49.1 Å². The highest BCUT2D eigenvalue weighted by Gasteiger charge is 2.29. The van der Waals surface area contributed by atoms with E-state index >= 15 is 0 Å². The van der Waals surface area contributed by atoms with Gasteiger partial charge in [0, 0.05) is 19.7 Å². The highest BCUT2D eigenvalue weighted by Crippen LogP contribution is 2.28. The fourth-order valence-electron chi connectivity index (χ4n) is 3.29. The molecule has 1 saturated heterocycles. The highest BCUT2D eigenvalue weighted by atomic mass is 16.5. The van der Waals surface area contributed by atoms with Crippen LogP contribution in [0, 0.1) is 6.92 Å². The number of ether oxygens (including phenoxy) is 2. The Kier molecular flexibility index (Phi) is 5.48. The van der Waals surface area contributed by atoms with Crippen LogP contribution in [0.2, 0.25) is 0 Å². The van der Waals surface area contributed by atoms with Crippen LogP contribution in [-0.4, -0.2) is 57.7 Å². The van der Waals surface area contributed by atoms with Crippen molar-refractivity contribution in [2.45, 2.75) is 19.4 Å². The van der Waals surface area contributed by atoms with Crippen LogP contribution in [0.4, 0.5) is 0 Å². The Morgan fingerprint density at radius 1 is 1.38 bits per heavy atom. The molecule has 1 fully saturated rings. The quantitative estimate of drug-likeness (QED) is 0.646. The normalized spacial score (nSPS) is 16.6. The predicted octanol–water partition coefficient (Wildman–Crippen LogP) is 1.99. The number of morpholine rings is 1. The second kappa shape index (κ2) is 8.36. The molecule has 1 amide bonds. The molecule has 2 aromatic heterocycles. The summed E-state index contributed by atoms with van der Waals surface area (Å²) in [6, 6.07) is 7.52. The number of carbonyl (C=O) groups excluding carboxylic acids is 1. The smallest absolute Gasteiger partial charge is 0.227 e. The lowest BCUT2D eigenvalue weighted by Gasteiger charge is -2.33. The van der Waals surface area contributed by atoms with Gasteiger partial charge in [0.1, 0.15) is 18.2 Å². The standard InChI is InChI=1S/C20H21N5O4/c1-13-23-20(24-29-13)16-10-21-12-22-19(16)17-11-25(6-7-28-17)18(26)9-14-4-3-5-15(8-14)27-2/h3-5,8,10,12,17H,6-7,9,11H2,1-2H3/t17-/m1/s1. The second-order valence-electron chi connectivity index (χ2n) is 6.69. The number of rotatable bonds is 5. The molecule has 9 nitrogen and oxygen atoms in total. The van der Waals surface area contributed by atoms with Crippen LogP contribution in [-0.2, 0) is 16.0 Å². The van der Waals surface area contributed by atoms with Gasteiger partial charge in [-0.1, -0.05) is 17.3 Å². The van der Waals surface area contributed by atoms with Gasteiger partial charge in [-0.15, -0.1) is 0 Å². The summed E-state index contributed by atoms with van der Waals surface area (Å²) in [6.07, 6.45) is 2.99. The van der Waals surface area contributed by atoms with E-state index in [1.54, 1.807) is 25.1 Å². The molecule has 0 saturated carbocycles. The summed E-state index contributed by atoms with van der Waals surface area (Å²) in [6.45, 7) is 3.06. The molecule has 9 heteroatoms. The van der Waals surface area contributed by atoms with Crippen molar-refractivity contribution >= 4 is 5.91 Å². The first-order valence-electron chi connectivity index (χ1n) is 9.27. The van der Waals surface area contributed by atoms with Crippen molar-refractivity contribution in [3.63, 3.8) is 0 Å². The molecule has 1 aliphatic rings. The number of amides is 1. The van der Waals surface area contributed by atoms with Crippen LogP contribution >= 0.6 is 0 Å². The van der Waals surface area contributed by atoms with Gasteiger partial charge in [0.25, 0.3) is 0 Å². The molecule has 3 aromatic rings. The number of hydrogen-bond acceptors (Lipinski definition) is 8. The van der Waals surface area contributed by atoms with Gasteiger partial charge in [-0.25, -0.2) is 9.97 Å². The molecule has 150 valence electrons. The van der Waals surface area contributed by atoms with E-state index in [1.165, 1.54) is 6.33 Å². The number of nitrogens with zero attached hydrogens (tertiary/aromatic N) is 5. The summed E-state index contributed by atoms with van der Waals surface area (Å²) >= 11 is 0. The molecule has 0 N–H and O–H groups in total. The number of aromatic nitrogens is 4. The monoisotopic (exact) mass is 395 g/mol. The number of benzene rings is 1. The lowest BCUT2D eigenvalue weighted by Crippen LogP contribution is -2.43. The number of hydrogen-bond donors (Lipinski definition) is 0. The lowest BCUT2D eigenvalue weighted by molar-refractivity contribution is -0.138. The van der Waals surface area contributed by atoms with Gasteiger partial charge in [-0.05, 0) is 17.7 Å². The Labute approximate surface area is 167 Å². The van der Waals surface area contributed by atoms with Crippen molar-refractivity contribution in [3.05, 3.63) is 53.9 Å². The molecule has 3 heterocycles. The van der Waals surface area contributed by atoms with Gasteiger partial charge in [-0.3, -0.25) is 4.79 Å². The predicted molar refractivity (Wildman–Crippen MR) is 102 cm³/mol. The fourth-order valence-corrected chi connectivity index (χ4v) is 3.29. The van der Waals surface area contributed by atoms with Crippen molar-refractivity contribution in [3.8, 4) is 17.1 Å². The molecule has 29 heavy (non-hydrogen) atoms. The molecule has 0 radical (unpaired) electrons. The number of carbonyl (C=O) groups is 1. The van der Waals surface area contributed by atoms with Crippen LogP contribution in [0.5, 0.6) is 5.75 Å². The Morgan fingerprint density at radius 3 is 3.07 bits per heavy atom. The Balaban J connectivity index is 1.51. The van der Waals surface area contributed by atoms with Crippen LogP contribution in [0.1, 0.15) is 23.3 Å². The summed E-state index contributed by atoms with van der Waals surface area (Å²) < 4.78 is 16.2. The molecule has 4 rings (SSSR count). The van der Waals surface area contributed by atoms with Gasteiger partial charge in [0.15, 0.2) is 0 Å². The van der Waals surface area contributed by atoms with Gasteiger partial charge in [0.05, 0.1) is 37.9 Å². The average Bonchev–Trinajstić information content (AvgIpc) is 3.20. The van der Waals surface area contributed by atoms with Gasteiger partial charge < -0.3 is 18.9 Å². The zero-order chi connectivity index (χ0) is 20.2. The second-order valence-corrected chi connectivity index (χ2v) is 6.69. The molecule has 1 aromatic carbocycles. The third-order valence-electron chi connectivity index (χ3n) is 4.73. The van der Waals surface area contributed by atoms with Gasteiger partial charge in [-0.2, -0.15) is 4.98 Å². The van der Waals surface area contributed by atoms with Crippen molar-refractivity contribution < 1.29 is 18.8 Å². The van der Waals surface area contributed by atoms with Crippen LogP contribution in [0.25, 0.3) is 11.4 Å². The van der Waals surface area contributed by atoms with E-state index in [1.807, 2.05) is 24.3 Å². The minimum Gasteiger partial charge on any atom is -0.497 e. The average molecular weight is 395 g/mol. The van der Waals surface area contributed by atoms with Crippen LogP contribution < -0.4 is 4.74 Å². The lowest BCUT2D eigenvalue weighted by atomic mass is 10.1. The molecule has 1 aliphatic heterocycles. The third-order valence-corrected chi connectivity index (χ3v) is 4.73. The summed E-state index contributed by atoms with van der Waals surface area (Å²) in [7, 11) is 1.61. The van der Waals surface area contributed by atoms with E-state index in [0.717, 1.165) is 11.3 Å². The van der Waals surface area contributed by atoms with Crippen molar-refractivity contribution in [1.82, 2.24) is 25.0 Å². The van der Waals surface area contributed by atoms with Crippen molar-refractivity contribution in [1.29, 1.82) is 0 Å². The molecule has 1 atom stereocenters. The largest absolute Gasteiger partial charge is 0.497 e. The van der Waals surface area contributed by atoms with Crippen LogP contribution in [0.15, 0.2) is 41.3 Å². The zero-order valence-electron chi connectivity index (χ0n) is 16.2. The van der Waals surface area contributed by atoms with Gasteiger partial charge >= 0.3 is 0 Å². The first-order chi connectivity index (χ1) is 14.1. The van der Waals surface area contributed by atoms with E-state index in [9.17, 15) is 4.79 Å². The van der Waals surface area contributed by atoms with E-state index in [4.69, 9.17) is 14.0 Å². The Morgan fingerprint density at radius 2 is 2.28 bits per heavy atom. The summed E-state index contributed by atoms with van der Waals surface area (Å²) in [5, 5.41) is 3.95. The van der Waals surface area contributed by atoms with E-state index in [-0.39, 0.29) is 5.91 Å². The first-order valence-corrected chi connectivity index (χ1v) is 9.27. The minimum atomic E-state index is -0.394. The highest BCUT2D eigenvalue weighted by molar-refractivity contribution is 5.79. The number of aryl methyl sites for hydroxylation is 1. The SMILES string of the molecule is COc1cccc(CC(=O)N2CCO[C@@H](c3ncncc3-c3noc(C)n3)C2)c1. The first kappa shape index (κ1) is 19.0. The van der Waals surface area contributed by atoms with Crippen molar-refractivity contribution in [2.24, 2.45) is 0 Å². The maximum Gasteiger partial charge on any atom is 0.227 e. The topological polar surface area (TPSA) is 103 Å². The zero-order valence-corrected chi connectivity index (χ0v) is 16.2. The Bertz CT molecular complexity index is 1010. The summed E-state index contributed by atoms with van der Waals surface area (Å²) in [4.78, 5) is 27.4. The minimum absolute atomic E-state index is 0.0255. The maximum absolute atomic E-state index is 12.9. The van der Waals surface area contributed by atoms with Crippen molar-refractivity contribution in [2.75, 3.05) is 26.8 Å². The fraction of sp³-hybridized carbons (Fsp3) is 0.350. The molecular weight excluding hydrogens is 374 g/mol. The molecule has 0 spiro atoms. The maximum atomic E-state index is 12.9. The Hall–Kier alpha value is -3.33. The molecule has 0 bridgehead atoms. The number of methoxy groups -OCH3 is 1. The summed E-state index contributed by atoms with van der Waals surface area (Å²) in [5.41, 5.74) is 2.18. The van der Waals surface area contributed by atoms with Gasteiger partial charge in [0.2, 0.25) is 17.6 Å². The third kappa shape index (κ3) is 4.24. The molecule has 0 unspecified atom stereocenters. The van der Waals surface area contributed by atoms with E-state index < -0.39 is 6.10 Å². The van der Waals surface area contributed by atoms with Crippen LogP contribution in [0.3, 0.4) is 0 Å². The molecular formula is C20H21N5O4. The van der Waals surface area contributed by atoms with E-state index in [2.05, 4.69) is 20.1 Å². The summed E-state index contributed by atoms with van der Waals surface area (Å²) in [5.74, 6) is 1.62.